The van der Waals surface area contributed by atoms with Crippen LogP contribution in [0.25, 0.3) is 0 Å². The Morgan fingerprint density at radius 1 is 1.33 bits per heavy atom. The third-order valence-corrected chi connectivity index (χ3v) is 2.30. The summed E-state index contributed by atoms with van der Waals surface area (Å²) in [5.41, 5.74) is 2.20. The summed E-state index contributed by atoms with van der Waals surface area (Å²) < 4.78 is 5.16. The normalized spacial score (nSPS) is 10.0. The summed E-state index contributed by atoms with van der Waals surface area (Å²) in [6, 6.07) is 5.90. The van der Waals surface area contributed by atoms with Crippen molar-refractivity contribution in [2.45, 2.75) is 26.2 Å². The highest BCUT2D eigenvalue weighted by Gasteiger charge is 2.03. The van der Waals surface area contributed by atoms with E-state index in [9.17, 15) is 4.79 Å². The molecule has 0 saturated carbocycles. The van der Waals surface area contributed by atoms with E-state index >= 15 is 0 Å². The largest absolute Gasteiger partial charge is 0.497 e. The molecule has 0 fully saturated rings. The van der Waals surface area contributed by atoms with Crippen molar-refractivity contribution < 1.29 is 14.6 Å². The van der Waals surface area contributed by atoms with Crippen molar-refractivity contribution in [3.8, 4) is 5.75 Å². The quantitative estimate of drug-likeness (QED) is 0.807. The van der Waals surface area contributed by atoms with Crippen molar-refractivity contribution in [1.82, 2.24) is 0 Å². The number of rotatable bonds is 5. The maximum Gasteiger partial charge on any atom is 0.303 e. The Hall–Kier alpha value is -1.51. The molecule has 0 bridgehead atoms. The average molecular weight is 208 g/mol. The van der Waals surface area contributed by atoms with Gasteiger partial charge in [-0.2, -0.15) is 0 Å². The first-order chi connectivity index (χ1) is 7.15. The molecule has 1 aromatic carbocycles. The van der Waals surface area contributed by atoms with Crippen molar-refractivity contribution in [2.24, 2.45) is 0 Å². The summed E-state index contributed by atoms with van der Waals surface area (Å²) in [5.74, 6) is 0.0330. The van der Waals surface area contributed by atoms with Crippen molar-refractivity contribution >= 4 is 5.97 Å². The maximum absolute atomic E-state index is 10.5. The zero-order valence-electron chi connectivity index (χ0n) is 9.12. The molecule has 1 rings (SSSR count). The minimum absolute atomic E-state index is 0.163. The highest BCUT2D eigenvalue weighted by molar-refractivity contribution is 5.67. The second kappa shape index (κ2) is 5.39. The second-order valence-electron chi connectivity index (χ2n) is 3.44. The van der Waals surface area contributed by atoms with Crippen molar-refractivity contribution in [3.63, 3.8) is 0 Å². The summed E-state index contributed by atoms with van der Waals surface area (Å²) in [5, 5.41) is 8.60. The van der Waals surface area contributed by atoms with Crippen LogP contribution in [0.15, 0.2) is 18.2 Å². The Morgan fingerprint density at radius 2 is 2.00 bits per heavy atom. The smallest absolute Gasteiger partial charge is 0.303 e. The number of hydrogen-bond donors (Lipinski definition) is 1. The molecule has 0 heterocycles. The van der Waals surface area contributed by atoms with Gasteiger partial charge in [-0.3, -0.25) is 4.79 Å². The fourth-order valence-corrected chi connectivity index (χ4v) is 1.45. The molecule has 82 valence electrons. The molecular weight excluding hydrogens is 192 g/mol. The lowest BCUT2D eigenvalue weighted by Crippen LogP contribution is -1.98. The third-order valence-electron chi connectivity index (χ3n) is 2.30. The Morgan fingerprint density at radius 3 is 2.53 bits per heavy atom. The zero-order valence-corrected chi connectivity index (χ0v) is 9.12. The maximum atomic E-state index is 10.5. The number of hydrogen-bond acceptors (Lipinski definition) is 2. The fourth-order valence-electron chi connectivity index (χ4n) is 1.45. The van der Waals surface area contributed by atoms with Crippen LogP contribution in [-0.4, -0.2) is 18.2 Å². The summed E-state index contributed by atoms with van der Waals surface area (Å²) in [4.78, 5) is 10.5. The molecule has 0 spiro atoms. The van der Waals surface area contributed by atoms with Gasteiger partial charge in [0.1, 0.15) is 5.75 Å². The molecule has 0 saturated heterocycles. The molecule has 0 unspecified atom stereocenters. The number of carboxylic acids is 1. The van der Waals surface area contributed by atoms with Crippen LogP contribution in [0.4, 0.5) is 0 Å². The van der Waals surface area contributed by atoms with E-state index in [4.69, 9.17) is 9.84 Å². The van der Waals surface area contributed by atoms with Crippen molar-refractivity contribution in [2.75, 3.05) is 7.11 Å². The number of aryl methyl sites for hydroxylation is 2. The van der Waals surface area contributed by atoms with Gasteiger partial charge in [-0.1, -0.05) is 13.0 Å². The number of ether oxygens (including phenoxy) is 1. The molecular formula is C12H16O3. The molecule has 0 amide bonds. The Kier molecular flexibility index (Phi) is 4.16. The SMILES string of the molecule is CCc1cc(CCC(=O)O)cc(OC)c1. The van der Waals surface area contributed by atoms with Gasteiger partial charge in [0, 0.05) is 6.42 Å². The monoisotopic (exact) mass is 208 g/mol. The molecule has 3 nitrogen and oxygen atoms in total. The molecule has 1 N–H and O–H groups in total. The number of carboxylic acid groups (broad SMARTS) is 1. The highest BCUT2D eigenvalue weighted by atomic mass is 16.5. The van der Waals surface area contributed by atoms with Crippen LogP contribution in [0.2, 0.25) is 0 Å². The van der Waals surface area contributed by atoms with E-state index in [0.29, 0.717) is 6.42 Å². The predicted octanol–water partition coefficient (Wildman–Crippen LogP) is 2.27. The van der Waals surface area contributed by atoms with Crippen LogP contribution in [0.5, 0.6) is 5.75 Å². The van der Waals surface area contributed by atoms with E-state index in [0.717, 1.165) is 17.7 Å². The van der Waals surface area contributed by atoms with E-state index in [1.54, 1.807) is 7.11 Å². The van der Waals surface area contributed by atoms with E-state index in [1.807, 2.05) is 18.2 Å². The van der Waals surface area contributed by atoms with E-state index < -0.39 is 5.97 Å². The van der Waals surface area contributed by atoms with Crippen LogP contribution < -0.4 is 4.74 Å². The van der Waals surface area contributed by atoms with Crippen LogP contribution in [0, 0.1) is 0 Å². The molecule has 0 aliphatic rings. The van der Waals surface area contributed by atoms with Crippen LogP contribution in [-0.2, 0) is 17.6 Å². The average Bonchev–Trinajstić information content (AvgIpc) is 2.25. The molecule has 0 aliphatic carbocycles. The van der Waals surface area contributed by atoms with Crippen molar-refractivity contribution in [3.05, 3.63) is 29.3 Å². The summed E-state index contributed by atoms with van der Waals surface area (Å²) >= 11 is 0. The molecule has 3 heteroatoms. The van der Waals surface area contributed by atoms with Gasteiger partial charge in [-0.15, -0.1) is 0 Å². The molecule has 0 radical (unpaired) electrons. The fraction of sp³-hybridized carbons (Fsp3) is 0.417. The predicted molar refractivity (Wildman–Crippen MR) is 58.3 cm³/mol. The lowest BCUT2D eigenvalue weighted by molar-refractivity contribution is -0.136. The van der Waals surface area contributed by atoms with Gasteiger partial charge in [0.05, 0.1) is 7.11 Å². The van der Waals surface area contributed by atoms with E-state index in [2.05, 4.69) is 6.92 Å². The molecule has 0 aromatic heterocycles. The first kappa shape index (κ1) is 11.6. The first-order valence-electron chi connectivity index (χ1n) is 5.04. The summed E-state index contributed by atoms with van der Waals surface area (Å²) in [6.07, 6.45) is 1.65. The lowest BCUT2D eigenvalue weighted by Gasteiger charge is -2.07. The van der Waals surface area contributed by atoms with Crippen LogP contribution in [0.1, 0.15) is 24.5 Å². The standard InChI is InChI=1S/C12H16O3/c1-3-9-6-10(4-5-12(13)14)8-11(7-9)15-2/h6-8H,3-5H2,1-2H3,(H,13,14). The summed E-state index contributed by atoms with van der Waals surface area (Å²) in [6.45, 7) is 2.07. The number of carbonyl (C=O) groups is 1. The van der Waals surface area contributed by atoms with Gasteiger partial charge < -0.3 is 9.84 Å². The molecule has 15 heavy (non-hydrogen) atoms. The summed E-state index contributed by atoms with van der Waals surface area (Å²) in [7, 11) is 1.62. The first-order valence-corrected chi connectivity index (χ1v) is 5.04. The Bertz CT molecular complexity index is 322. The van der Waals surface area contributed by atoms with Gasteiger partial charge in [-0.25, -0.2) is 0 Å². The van der Waals surface area contributed by atoms with Gasteiger partial charge in [0.25, 0.3) is 0 Å². The van der Waals surface area contributed by atoms with Gasteiger partial charge in [-0.05, 0) is 36.1 Å². The molecule has 0 aliphatic heterocycles. The van der Waals surface area contributed by atoms with Crippen molar-refractivity contribution in [1.29, 1.82) is 0 Å². The third kappa shape index (κ3) is 3.62. The van der Waals surface area contributed by atoms with E-state index in [-0.39, 0.29) is 6.42 Å². The van der Waals surface area contributed by atoms with Gasteiger partial charge in [0.15, 0.2) is 0 Å². The molecule has 0 atom stereocenters. The van der Waals surface area contributed by atoms with Crippen LogP contribution in [0.3, 0.4) is 0 Å². The minimum atomic E-state index is -0.768. The number of methoxy groups -OCH3 is 1. The Balaban J connectivity index is 2.81. The Labute approximate surface area is 89.7 Å². The van der Waals surface area contributed by atoms with Gasteiger partial charge in [0.2, 0.25) is 0 Å². The van der Waals surface area contributed by atoms with Crippen LogP contribution >= 0.6 is 0 Å². The minimum Gasteiger partial charge on any atom is -0.497 e. The highest BCUT2D eigenvalue weighted by Crippen LogP contribution is 2.18. The zero-order chi connectivity index (χ0) is 11.3. The number of aliphatic carboxylic acids is 1. The molecule has 1 aromatic rings. The second-order valence-corrected chi connectivity index (χ2v) is 3.44. The van der Waals surface area contributed by atoms with E-state index in [1.165, 1.54) is 5.56 Å². The topological polar surface area (TPSA) is 46.5 Å². The number of benzene rings is 1. The van der Waals surface area contributed by atoms with Gasteiger partial charge >= 0.3 is 5.97 Å². The lowest BCUT2D eigenvalue weighted by atomic mass is 10.0.